The summed E-state index contributed by atoms with van der Waals surface area (Å²) < 4.78 is 10.7. The minimum Gasteiger partial charge on any atom is -0.417 e. The SMILES string of the molecule is CC(C)CNCc1coc(Oc2cc(Cl)ccc2Cl)n1. The van der Waals surface area contributed by atoms with Crippen molar-refractivity contribution >= 4 is 23.2 Å². The van der Waals surface area contributed by atoms with Crippen LogP contribution in [0.4, 0.5) is 0 Å². The molecule has 4 nitrogen and oxygen atoms in total. The Morgan fingerprint density at radius 3 is 2.90 bits per heavy atom. The molecule has 0 saturated heterocycles. The summed E-state index contributed by atoms with van der Waals surface area (Å²) in [5, 5.41) is 4.26. The Hall–Kier alpha value is -1.23. The molecule has 2 aromatic rings. The van der Waals surface area contributed by atoms with Crippen LogP contribution < -0.4 is 10.1 Å². The molecule has 1 aromatic heterocycles. The number of oxazole rings is 1. The highest BCUT2D eigenvalue weighted by Gasteiger charge is 2.09. The van der Waals surface area contributed by atoms with E-state index in [-0.39, 0.29) is 6.08 Å². The molecule has 1 heterocycles. The van der Waals surface area contributed by atoms with Crippen LogP contribution in [0.25, 0.3) is 0 Å². The van der Waals surface area contributed by atoms with Gasteiger partial charge in [0.2, 0.25) is 0 Å². The van der Waals surface area contributed by atoms with Crippen molar-refractivity contribution in [3.63, 3.8) is 0 Å². The number of hydrogen-bond donors (Lipinski definition) is 1. The second kappa shape index (κ2) is 6.97. The number of rotatable bonds is 6. The molecule has 0 saturated carbocycles. The largest absolute Gasteiger partial charge is 0.417 e. The Morgan fingerprint density at radius 1 is 1.35 bits per heavy atom. The molecule has 2 rings (SSSR count). The number of nitrogens with one attached hydrogen (secondary N) is 1. The summed E-state index contributed by atoms with van der Waals surface area (Å²) in [7, 11) is 0. The zero-order chi connectivity index (χ0) is 14.5. The molecular weight excluding hydrogens is 299 g/mol. The lowest BCUT2D eigenvalue weighted by Gasteiger charge is -2.04. The average molecular weight is 315 g/mol. The lowest BCUT2D eigenvalue weighted by molar-refractivity contribution is 0.331. The third-order valence-electron chi connectivity index (χ3n) is 2.48. The van der Waals surface area contributed by atoms with Gasteiger partial charge in [0.25, 0.3) is 0 Å². The van der Waals surface area contributed by atoms with Crippen LogP contribution in [0.2, 0.25) is 10.0 Å². The van der Waals surface area contributed by atoms with Crippen molar-refractivity contribution in [1.29, 1.82) is 0 Å². The topological polar surface area (TPSA) is 47.3 Å². The normalized spacial score (nSPS) is 11.1. The van der Waals surface area contributed by atoms with Gasteiger partial charge in [-0.25, -0.2) is 0 Å². The van der Waals surface area contributed by atoms with Crippen molar-refractivity contribution in [2.75, 3.05) is 6.54 Å². The Balaban J connectivity index is 1.97. The van der Waals surface area contributed by atoms with E-state index in [4.69, 9.17) is 32.4 Å². The first kappa shape index (κ1) is 15.2. The smallest absolute Gasteiger partial charge is 0.399 e. The number of aromatic nitrogens is 1. The van der Waals surface area contributed by atoms with Crippen LogP contribution in [0, 0.1) is 5.92 Å². The molecule has 1 aromatic carbocycles. The van der Waals surface area contributed by atoms with Gasteiger partial charge in [0.15, 0.2) is 5.75 Å². The van der Waals surface area contributed by atoms with Gasteiger partial charge in [0, 0.05) is 17.6 Å². The summed E-state index contributed by atoms with van der Waals surface area (Å²) in [5.74, 6) is 1.01. The van der Waals surface area contributed by atoms with Crippen molar-refractivity contribution in [2.45, 2.75) is 20.4 Å². The van der Waals surface area contributed by atoms with E-state index in [0.29, 0.717) is 28.3 Å². The first-order valence-electron chi connectivity index (χ1n) is 6.32. The van der Waals surface area contributed by atoms with Gasteiger partial charge in [0.05, 0.1) is 10.7 Å². The third-order valence-corrected chi connectivity index (χ3v) is 3.03. The third kappa shape index (κ3) is 4.40. The maximum atomic E-state index is 6.01. The van der Waals surface area contributed by atoms with Crippen molar-refractivity contribution in [3.8, 4) is 11.8 Å². The standard InChI is InChI=1S/C14H16Cl2N2O2/c1-9(2)6-17-7-11-8-19-14(18-11)20-13-5-10(15)3-4-12(13)16/h3-5,8-9,17H,6-7H2,1-2H3. The zero-order valence-electron chi connectivity index (χ0n) is 11.3. The molecule has 0 radical (unpaired) electrons. The predicted octanol–water partition coefficient (Wildman–Crippen LogP) is 4.52. The molecule has 0 aliphatic rings. The van der Waals surface area contributed by atoms with Gasteiger partial charge in [-0.3, -0.25) is 0 Å². The number of nitrogens with zero attached hydrogens (tertiary/aromatic N) is 1. The second-order valence-corrected chi connectivity index (χ2v) is 5.65. The summed E-state index contributed by atoms with van der Waals surface area (Å²) in [4.78, 5) is 4.22. The molecule has 0 aliphatic heterocycles. The highest BCUT2D eigenvalue weighted by molar-refractivity contribution is 6.34. The van der Waals surface area contributed by atoms with Crippen molar-refractivity contribution < 1.29 is 9.15 Å². The molecule has 0 atom stereocenters. The monoisotopic (exact) mass is 314 g/mol. The van der Waals surface area contributed by atoms with Gasteiger partial charge in [-0.1, -0.05) is 37.0 Å². The van der Waals surface area contributed by atoms with E-state index in [1.54, 1.807) is 24.5 Å². The fourth-order valence-corrected chi connectivity index (χ4v) is 1.87. The van der Waals surface area contributed by atoms with Gasteiger partial charge >= 0.3 is 6.08 Å². The summed E-state index contributed by atoms with van der Waals surface area (Å²) in [6.45, 7) is 5.84. The molecular formula is C14H16Cl2N2O2. The Kier molecular flexibility index (Phi) is 5.29. The lowest BCUT2D eigenvalue weighted by atomic mass is 10.2. The summed E-state index contributed by atoms with van der Waals surface area (Å²) in [5.41, 5.74) is 0.777. The van der Waals surface area contributed by atoms with Gasteiger partial charge < -0.3 is 14.5 Å². The second-order valence-electron chi connectivity index (χ2n) is 4.81. The van der Waals surface area contributed by atoms with Crippen molar-refractivity contribution in [1.82, 2.24) is 10.3 Å². The maximum absolute atomic E-state index is 6.01. The molecule has 0 unspecified atom stereocenters. The van der Waals surface area contributed by atoms with Crippen LogP contribution in [-0.2, 0) is 6.54 Å². The zero-order valence-corrected chi connectivity index (χ0v) is 12.8. The minimum absolute atomic E-state index is 0.149. The highest BCUT2D eigenvalue weighted by atomic mass is 35.5. The number of ether oxygens (including phenoxy) is 1. The molecule has 0 fully saturated rings. The first-order valence-corrected chi connectivity index (χ1v) is 7.08. The van der Waals surface area contributed by atoms with Crippen LogP contribution in [0.3, 0.4) is 0 Å². The molecule has 20 heavy (non-hydrogen) atoms. The van der Waals surface area contributed by atoms with Gasteiger partial charge in [-0.05, 0) is 24.6 Å². The van der Waals surface area contributed by atoms with E-state index in [9.17, 15) is 0 Å². The van der Waals surface area contributed by atoms with E-state index in [2.05, 4.69) is 24.1 Å². The Bertz CT molecular complexity index is 570. The van der Waals surface area contributed by atoms with Crippen LogP contribution in [0.5, 0.6) is 11.8 Å². The van der Waals surface area contributed by atoms with Crippen LogP contribution in [0.15, 0.2) is 28.9 Å². The minimum atomic E-state index is 0.149. The van der Waals surface area contributed by atoms with Crippen LogP contribution >= 0.6 is 23.2 Å². The molecule has 0 bridgehead atoms. The highest BCUT2D eigenvalue weighted by Crippen LogP contribution is 2.31. The molecule has 0 spiro atoms. The van der Waals surface area contributed by atoms with E-state index in [0.717, 1.165) is 12.2 Å². The molecule has 0 aliphatic carbocycles. The summed E-state index contributed by atoms with van der Waals surface area (Å²) >= 11 is 11.9. The first-order chi connectivity index (χ1) is 9.54. The fraction of sp³-hybridized carbons (Fsp3) is 0.357. The average Bonchev–Trinajstić information content (AvgIpc) is 2.81. The van der Waals surface area contributed by atoms with Crippen LogP contribution in [0.1, 0.15) is 19.5 Å². The maximum Gasteiger partial charge on any atom is 0.399 e. The lowest BCUT2D eigenvalue weighted by Crippen LogP contribution is -2.19. The van der Waals surface area contributed by atoms with E-state index < -0.39 is 0 Å². The van der Waals surface area contributed by atoms with Gasteiger partial charge in [-0.15, -0.1) is 0 Å². The predicted molar refractivity (Wildman–Crippen MR) is 79.6 cm³/mol. The van der Waals surface area contributed by atoms with Crippen molar-refractivity contribution in [2.24, 2.45) is 5.92 Å². The number of halogens is 2. The Morgan fingerprint density at radius 2 is 2.15 bits per heavy atom. The molecule has 1 N–H and O–H groups in total. The molecule has 6 heteroatoms. The van der Waals surface area contributed by atoms with Crippen LogP contribution in [-0.4, -0.2) is 11.5 Å². The van der Waals surface area contributed by atoms with E-state index in [1.807, 2.05) is 0 Å². The van der Waals surface area contributed by atoms with E-state index >= 15 is 0 Å². The Labute approximate surface area is 128 Å². The van der Waals surface area contributed by atoms with Gasteiger partial charge in [0.1, 0.15) is 6.26 Å². The number of hydrogen-bond acceptors (Lipinski definition) is 4. The quantitative estimate of drug-likeness (QED) is 0.851. The molecule has 0 amide bonds. The fourth-order valence-electron chi connectivity index (χ4n) is 1.55. The molecule has 108 valence electrons. The van der Waals surface area contributed by atoms with E-state index in [1.165, 1.54) is 0 Å². The van der Waals surface area contributed by atoms with Gasteiger partial charge in [-0.2, -0.15) is 4.98 Å². The van der Waals surface area contributed by atoms with Crippen molar-refractivity contribution in [3.05, 3.63) is 40.2 Å². The number of benzene rings is 1. The summed E-state index contributed by atoms with van der Waals surface area (Å²) in [6.07, 6.45) is 1.71. The summed E-state index contributed by atoms with van der Waals surface area (Å²) in [6, 6.07) is 4.96.